The van der Waals surface area contributed by atoms with E-state index in [0.717, 1.165) is 94.8 Å². The highest BCUT2D eigenvalue weighted by Crippen LogP contribution is 2.41. The highest BCUT2D eigenvalue weighted by molar-refractivity contribution is 6.11. The molecule has 0 N–H and O–H groups in total. The van der Waals surface area contributed by atoms with Gasteiger partial charge in [-0.1, -0.05) is 200 Å². The van der Waals surface area contributed by atoms with Crippen molar-refractivity contribution in [3.63, 3.8) is 0 Å². The molecule has 0 saturated heterocycles. The third-order valence-electron chi connectivity index (χ3n) is 12.8. The van der Waals surface area contributed by atoms with E-state index in [1.807, 2.05) is 0 Å². The molecule has 0 atom stereocenters. The molecule has 3 heterocycles. The lowest BCUT2D eigenvalue weighted by molar-refractivity contribution is 1.18. The predicted molar refractivity (Wildman–Crippen MR) is 280 cm³/mol. The van der Waals surface area contributed by atoms with Gasteiger partial charge < -0.3 is 4.57 Å². The summed E-state index contributed by atoms with van der Waals surface area (Å²) in [6.07, 6.45) is 0. The molecule has 12 rings (SSSR count). The van der Waals surface area contributed by atoms with E-state index < -0.39 is 0 Å². The summed E-state index contributed by atoms with van der Waals surface area (Å²) in [7, 11) is 0. The Morgan fingerprint density at radius 1 is 0.224 bits per heavy atom. The minimum Gasteiger partial charge on any atom is -0.309 e. The molecule has 0 aliphatic carbocycles. The smallest absolute Gasteiger partial charge is 0.0715 e. The number of para-hydroxylation sites is 1. The molecular formula is C64H43N3. The van der Waals surface area contributed by atoms with E-state index in [9.17, 15) is 0 Å². The van der Waals surface area contributed by atoms with Crippen molar-refractivity contribution in [3.8, 4) is 95.2 Å². The molecule has 0 amide bonds. The maximum absolute atomic E-state index is 5.41. The highest BCUT2D eigenvalue weighted by atomic mass is 15.0. The van der Waals surface area contributed by atoms with Crippen LogP contribution in [-0.4, -0.2) is 14.5 Å². The van der Waals surface area contributed by atoms with Crippen molar-refractivity contribution < 1.29 is 0 Å². The molecule has 9 aromatic carbocycles. The lowest BCUT2D eigenvalue weighted by Gasteiger charge is -2.14. The van der Waals surface area contributed by atoms with Crippen LogP contribution >= 0.6 is 0 Å². The van der Waals surface area contributed by atoms with Crippen molar-refractivity contribution >= 4 is 21.8 Å². The van der Waals surface area contributed by atoms with Crippen molar-refractivity contribution in [3.05, 3.63) is 261 Å². The van der Waals surface area contributed by atoms with Crippen LogP contribution in [0.5, 0.6) is 0 Å². The Balaban J connectivity index is 1.07. The quantitative estimate of drug-likeness (QED) is 0.145. The van der Waals surface area contributed by atoms with E-state index in [1.54, 1.807) is 0 Å². The Bertz CT molecular complexity index is 3480. The Kier molecular flexibility index (Phi) is 10.2. The van der Waals surface area contributed by atoms with Gasteiger partial charge in [0.15, 0.2) is 0 Å². The second kappa shape index (κ2) is 17.2. The van der Waals surface area contributed by atoms with Crippen LogP contribution in [0.25, 0.3) is 117 Å². The number of fused-ring (bicyclic) bond motifs is 3. The first-order chi connectivity index (χ1) is 33.2. The van der Waals surface area contributed by atoms with Crippen molar-refractivity contribution in [1.29, 1.82) is 0 Å². The van der Waals surface area contributed by atoms with Crippen LogP contribution in [0, 0.1) is 0 Å². The fraction of sp³-hybridized carbons (Fsp3) is 0. The van der Waals surface area contributed by atoms with Gasteiger partial charge in [-0.2, -0.15) is 0 Å². The molecule has 0 fully saturated rings. The molecule has 0 radical (unpaired) electrons. The first-order valence-electron chi connectivity index (χ1n) is 22.8. The summed E-state index contributed by atoms with van der Waals surface area (Å²) in [5, 5.41) is 2.29. The van der Waals surface area contributed by atoms with E-state index in [0.29, 0.717) is 0 Å². The molecule has 0 bridgehead atoms. The zero-order valence-electron chi connectivity index (χ0n) is 36.7. The van der Waals surface area contributed by atoms with Gasteiger partial charge in [0, 0.05) is 38.7 Å². The summed E-state index contributed by atoms with van der Waals surface area (Å²) in [4.78, 5) is 10.8. The van der Waals surface area contributed by atoms with Crippen LogP contribution in [0.3, 0.4) is 0 Å². The molecule has 3 nitrogen and oxygen atoms in total. The summed E-state index contributed by atoms with van der Waals surface area (Å²) in [6, 6.07) is 92.9. The number of rotatable bonds is 9. The van der Waals surface area contributed by atoms with Gasteiger partial charge in [-0.05, 0) is 105 Å². The number of nitrogens with zero attached hydrogens (tertiary/aromatic N) is 3. The monoisotopic (exact) mass is 853 g/mol. The summed E-state index contributed by atoms with van der Waals surface area (Å²) >= 11 is 0. The van der Waals surface area contributed by atoms with Crippen LogP contribution < -0.4 is 0 Å². The molecular weight excluding hydrogens is 811 g/mol. The van der Waals surface area contributed by atoms with E-state index in [4.69, 9.17) is 9.97 Å². The molecule has 0 spiro atoms. The molecule has 0 saturated carbocycles. The molecule has 0 unspecified atom stereocenters. The van der Waals surface area contributed by atoms with E-state index >= 15 is 0 Å². The minimum atomic E-state index is 0.914. The SMILES string of the molecule is c1ccc(-c2cc(-c3ccccc3-c3ccccc3)cc(-c3ccc4c(c3)c3cc(-c5cc(-c6ccccc6-c6ccccc6)cc(-c6ccccc6)n5)ccc3n4-c3ccccc3)n2)cc1. The Morgan fingerprint density at radius 2 is 0.522 bits per heavy atom. The van der Waals surface area contributed by atoms with Gasteiger partial charge in [0.05, 0.1) is 33.8 Å². The van der Waals surface area contributed by atoms with Crippen LogP contribution in [-0.2, 0) is 0 Å². The standard InChI is InChI=1S/C64H43N3/c1-6-20-44(21-7-1)53-30-16-18-32-55(53)50-40-59(46-24-10-3-11-25-46)65-61(42-50)48-34-36-63-57(38-48)58-39-49(35-37-64(58)67(63)52-28-14-5-15-29-52)62-43-51(41-60(66-62)47-26-12-4-13-27-47)56-33-19-17-31-54(56)45-22-8-2-9-23-45/h1-43H. The van der Waals surface area contributed by atoms with Gasteiger partial charge in [-0.3, -0.25) is 0 Å². The maximum atomic E-state index is 5.41. The summed E-state index contributed by atoms with van der Waals surface area (Å²) in [6.45, 7) is 0. The summed E-state index contributed by atoms with van der Waals surface area (Å²) < 4.78 is 2.38. The van der Waals surface area contributed by atoms with Crippen LogP contribution in [0.2, 0.25) is 0 Å². The molecule has 12 aromatic rings. The Morgan fingerprint density at radius 3 is 0.896 bits per heavy atom. The van der Waals surface area contributed by atoms with Gasteiger partial charge in [-0.15, -0.1) is 0 Å². The van der Waals surface area contributed by atoms with E-state index in [1.165, 1.54) is 22.3 Å². The third kappa shape index (κ3) is 7.59. The second-order valence-corrected chi connectivity index (χ2v) is 16.9. The average Bonchev–Trinajstić information content (AvgIpc) is 3.75. The lowest BCUT2D eigenvalue weighted by Crippen LogP contribution is -1.94. The molecule has 314 valence electrons. The summed E-state index contributed by atoms with van der Waals surface area (Å²) in [5.41, 5.74) is 20.6. The van der Waals surface area contributed by atoms with Crippen molar-refractivity contribution in [1.82, 2.24) is 14.5 Å². The molecule has 67 heavy (non-hydrogen) atoms. The van der Waals surface area contributed by atoms with Gasteiger partial charge in [0.2, 0.25) is 0 Å². The first kappa shape index (κ1) is 39.7. The van der Waals surface area contributed by atoms with Gasteiger partial charge >= 0.3 is 0 Å². The van der Waals surface area contributed by atoms with Gasteiger partial charge in [0.1, 0.15) is 0 Å². The van der Waals surface area contributed by atoms with Crippen LogP contribution in [0.15, 0.2) is 261 Å². The second-order valence-electron chi connectivity index (χ2n) is 16.9. The lowest BCUT2D eigenvalue weighted by atomic mass is 9.92. The average molecular weight is 854 g/mol. The van der Waals surface area contributed by atoms with Gasteiger partial charge in [-0.25, -0.2) is 9.97 Å². The van der Waals surface area contributed by atoms with Crippen molar-refractivity contribution in [2.45, 2.75) is 0 Å². The normalized spacial score (nSPS) is 11.3. The van der Waals surface area contributed by atoms with Crippen LogP contribution in [0.1, 0.15) is 0 Å². The first-order valence-corrected chi connectivity index (χ1v) is 22.8. The third-order valence-corrected chi connectivity index (χ3v) is 12.8. The minimum absolute atomic E-state index is 0.914. The molecule has 3 aromatic heterocycles. The Labute approximate surface area is 390 Å². The number of hydrogen-bond donors (Lipinski definition) is 0. The van der Waals surface area contributed by atoms with Gasteiger partial charge in [0.25, 0.3) is 0 Å². The number of aromatic nitrogens is 3. The van der Waals surface area contributed by atoms with Crippen LogP contribution in [0.4, 0.5) is 0 Å². The molecule has 0 aliphatic rings. The largest absolute Gasteiger partial charge is 0.309 e. The number of benzene rings is 9. The maximum Gasteiger partial charge on any atom is 0.0715 e. The number of pyridine rings is 2. The predicted octanol–water partition coefficient (Wildman–Crippen LogP) is 16.9. The van der Waals surface area contributed by atoms with Crippen molar-refractivity contribution in [2.24, 2.45) is 0 Å². The fourth-order valence-corrected chi connectivity index (χ4v) is 9.59. The topological polar surface area (TPSA) is 30.7 Å². The van der Waals surface area contributed by atoms with Crippen molar-refractivity contribution in [2.75, 3.05) is 0 Å². The zero-order valence-corrected chi connectivity index (χ0v) is 36.7. The molecule has 3 heteroatoms. The van der Waals surface area contributed by atoms with E-state index in [-0.39, 0.29) is 0 Å². The summed E-state index contributed by atoms with van der Waals surface area (Å²) in [5.74, 6) is 0. The van der Waals surface area contributed by atoms with E-state index in [2.05, 4.69) is 265 Å². The Hall–Kier alpha value is -8.92. The highest BCUT2D eigenvalue weighted by Gasteiger charge is 2.19. The zero-order chi connectivity index (χ0) is 44.5. The fourth-order valence-electron chi connectivity index (χ4n) is 9.59. The number of hydrogen-bond acceptors (Lipinski definition) is 2. The molecule has 0 aliphatic heterocycles.